The molecule has 0 aromatic heterocycles. The second kappa shape index (κ2) is 10.4. The third kappa shape index (κ3) is 5.40. The van der Waals surface area contributed by atoms with Crippen LogP contribution < -0.4 is 0 Å². The highest BCUT2D eigenvalue weighted by Gasteiger charge is 2.25. The first kappa shape index (κ1) is 23.4. The molecule has 0 heterocycles. The molecule has 3 heteroatoms. The molecule has 0 spiro atoms. The fourth-order valence-electron chi connectivity index (χ4n) is 4.87. The number of aryl methyl sites for hydroxylation is 2. The molecular weight excluding hydrogens is 417 g/mol. The van der Waals surface area contributed by atoms with Crippen molar-refractivity contribution < 1.29 is 13.2 Å². The van der Waals surface area contributed by atoms with Gasteiger partial charge in [0, 0.05) is 11.1 Å². The first-order valence-corrected chi connectivity index (χ1v) is 12.0. The summed E-state index contributed by atoms with van der Waals surface area (Å²) in [6.07, 6.45) is 9.31. The number of rotatable bonds is 6. The SMILES string of the molecule is CCCc1ccc(-c2ccc(C3CCC(C=Cc4ccc(C)cc4F)CC3)c(F)c2F)cc1. The van der Waals surface area contributed by atoms with Gasteiger partial charge < -0.3 is 0 Å². The lowest BCUT2D eigenvalue weighted by atomic mass is 9.78. The van der Waals surface area contributed by atoms with E-state index in [0.29, 0.717) is 28.2 Å². The average Bonchev–Trinajstić information content (AvgIpc) is 2.82. The summed E-state index contributed by atoms with van der Waals surface area (Å²) in [6, 6.07) is 16.4. The number of hydrogen-bond donors (Lipinski definition) is 0. The summed E-state index contributed by atoms with van der Waals surface area (Å²) >= 11 is 0. The van der Waals surface area contributed by atoms with E-state index in [-0.39, 0.29) is 11.7 Å². The third-order valence-corrected chi connectivity index (χ3v) is 6.83. The summed E-state index contributed by atoms with van der Waals surface area (Å²) in [5.74, 6) is -1.34. The van der Waals surface area contributed by atoms with Crippen molar-refractivity contribution in [3.8, 4) is 11.1 Å². The van der Waals surface area contributed by atoms with Crippen LogP contribution in [0.25, 0.3) is 17.2 Å². The van der Waals surface area contributed by atoms with E-state index in [4.69, 9.17) is 0 Å². The molecular formula is C30H31F3. The first-order valence-electron chi connectivity index (χ1n) is 12.0. The van der Waals surface area contributed by atoms with Crippen molar-refractivity contribution in [1.29, 1.82) is 0 Å². The van der Waals surface area contributed by atoms with Gasteiger partial charge in [-0.15, -0.1) is 0 Å². The Hall–Kier alpha value is -2.81. The van der Waals surface area contributed by atoms with Crippen molar-refractivity contribution in [2.75, 3.05) is 0 Å². The minimum Gasteiger partial charge on any atom is -0.206 e. The van der Waals surface area contributed by atoms with E-state index < -0.39 is 11.6 Å². The minimum atomic E-state index is -0.757. The lowest BCUT2D eigenvalue weighted by Crippen LogP contribution is -2.13. The second-order valence-corrected chi connectivity index (χ2v) is 9.27. The van der Waals surface area contributed by atoms with E-state index in [0.717, 1.165) is 44.1 Å². The molecule has 0 bridgehead atoms. The Morgan fingerprint density at radius 2 is 1.58 bits per heavy atom. The van der Waals surface area contributed by atoms with Crippen molar-refractivity contribution in [2.45, 2.75) is 58.3 Å². The number of hydrogen-bond acceptors (Lipinski definition) is 0. The van der Waals surface area contributed by atoms with E-state index >= 15 is 4.39 Å². The van der Waals surface area contributed by atoms with Crippen LogP contribution in [0.1, 0.15) is 67.2 Å². The Labute approximate surface area is 195 Å². The highest BCUT2D eigenvalue weighted by Crippen LogP contribution is 2.39. The Kier molecular flexibility index (Phi) is 7.37. The lowest BCUT2D eigenvalue weighted by molar-refractivity contribution is 0.365. The van der Waals surface area contributed by atoms with Crippen molar-refractivity contribution >= 4 is 6.08 Å². The Bertz CT molecular complexity index is 1120. The number of halogens is 3. The van der Waals surface area contributed by atoms with Crippen LogP contribution in [0.5, 0.6) is 0 Å². The van der Waals surface area contributed by atoms with Gasteiger partial charge in [0.25, 0.3) is 0 Å². The third-order valence-electron chi connectivity index (χ3n) is 6.83. The molecule has 0 unspecified atom stereocenters. The van der Waals surface area contributed by atoms with E-state index in [1.54, 1.807) is 18.2 Å². The van der Waals surface area contributed by atoms with Crippen LogP contribution in [0.2, 0.25) is 0 Å². The number of benzene rings is 3. The summed E-state index contributed by atoms with van der Waals surface area (Å²) in [6.45, 7) is 3.99. The second-order valence-electron chi connectivity index (χ2n) is 9.27. The van der Waals surface area contributed by atoms with Crippen molar-refractivity contribution in [2.24, 2.45) is 5.92 Å². The predicted octanol–water partition coefficient (Wildman–Crippen LogP) is 9.02. The molecule has 1 saturated carbocycles. The van der Waals surface area contributed by atoms with Gasteiger partial charge in [0.15, 0.2) is 11.6 Å². The van der Waals surface area contributed by atoms with Gasteiger partial charge in [0.2, 0.25) is 0 Å². The molecule has 1 aliphatic carbocycles. The molecule has 0 radical (unpaired) electrons. The molecule has 3 aromatic rings. The van der Waals surface area contributed by atoms with Gasteiger partial charge in [0.05, 0.1) is 0 Å². The van der Waals surface area contributed by atoms with Crippen LogP contribution in [0.3, 0.4) is 0 Å². The molecule has 0 nitrogen and oxygen atoms in total. The van der Waals surface area contributed by atoms with Crippen LogP contribution in [0.4, 0.5) is 13.2 Å². The summed E-state index contributed by atoms with van der Waals surface area (Å²) < 4.78 is 44.1. The lowest BCUT2D eigenvalue weighted by Gasteiger charge is -2.27. The maximum atomic E-state index is 15.0. The van der Waals surface area contributed by atoms with Crippen LogP contribution in [0.15, 0.2) is 60.7 Å². The van der Waals surface area contributed by atoms with Gasteiger partial charge in [0.1, 0.15) is 5.82 Å². The molecule has 4 rings (SSSR count). The van der Waals surface area contributed by atoms with Crippen molar-refractivity contribution in [1.82, 2.24) is 0 Å². The molecule has 1 aliphatic rings. The predicted molar refractivity (Wildman–Crippen MR) is 131 cm³/mol. The largest absolute Gasteiger partial charge is 0.206 e. The van der Waals surface area contributed by atoms with E-state index in [2.05, 4.69) is 13.0 Å². The minimum absolute atomic E-state index is 0.0150. The Morgan fingerprint density at radius 3 is 2.24 bits per heavy atom. The molecule has 0 aliphatic heterocycles. The highest BCUT2D eigenvalue weighted by molar-refractivity contribution is 5.65. The maximum Gasteiger partial charge on any atom is 0.166 e. The Balaban J connectivity index is 1.43. The molecule has 3 aromatic carbocycles. The molecule has 172 valence electrons. The molecule has 0 N–H and O–H groups in total. The molecule has 1 fully saturated rings. The van der Waals surface area contributed by atoms with Gasteiger partial charge in [-0.05, 0) is 79.2 Å². The van der Waals surface area contributed by atoms with Crippen LogP contribution >= 0.6 is 0 Å². The standard InChI is InChI=1S/C30H31F3/c1-3-4-21-6-12-23(13-7-21)26-17-18-27(30(33)29(26)32)24-14-8-22(9-15-24)10-16-25-11-5-20(2)19-28(25)31/h5-7,10-13,16-19,22,24H,3-4,8-9,14-15H2,1-2H3. The van der Waals surface area contributed by atoms with E-state index in [9.17, 15) is 8.78 Å². The van der Waals surface area contributed by atoms with Gasteiger partial charge >= 0.3 is 0 Å². The monoisotopic (exact) mass is 448 g/mol. The molecule has 0 saturated heterocycles. The fourth-order valence-corrected chi connectivity index (χ4v) is 4.87. The van der Waals surface area contributed by atoms with E-state index in [1.165, 1.54) is 11.6 Å². The quantitative estimate of drug-likeness (QED) is 0.353. The van der Waals surface area contributed by atoms with Gasteiger partial charge in [-0.3, -0.25) is 0 Å². The zero-order chi connectivity index (χ0) is 23.4. The van der Waals surface area contributed by atoms with Crippen LogP contribution in [0, 0.1) is 30.3 Å². The highest BCUT2D eigenvalue weighted by atomic mass is 19.2. The van der Waals surface area contributed by atoms with Crippen molar-refractivity contribution in [3.05, 3.63) is 100 Å². The fraction of sp³-hybridized carbons (Fsp3) is 0.333. The van der Waals surface area contributed by atoms with Gasteiger partial charge in [-0.25, -0.2) is 13.2 Å². The van der Waals surface area contributed by atoms with Gasteiger partial charge in [-0.2, -0.15) is 0 Å². The molecule has 0 atom stereocenters. The van der Waals surface area contributed by atoms with Crippen LogP contribution in [-0.4, -0.2) is 0 Å². The summed E-state index contributed by atoms with van der Waals surface area (Å²) in [5, 5.41) is 0. The Morgan fingerprint density at radius 1 is 0.848 bits per heavy atom. The summed E-state index contributed by atoms with van der Waals surface area (Å²) in [4.78, 5) is 0. The molecule has 0 amide bonds. The normalized spacial score (nSPS) is 18.7. The summed E-state index contributed by atoms with van der Waals surface area (Å²) in [7, 11) is 0. The van der Waals surface area contributed by atoms with Crippen molar-refractivity contribution in [3.63, 3.8) is 0 Å². The zero-order valence-corrected chi connectivity index (χ0v) is 19.4. The van der Waals surface area contributed by atoms with Crippen LogP contribution in [-0.2, 0) is 6.42 Å². The van der Waals surface area contributed by atoms with Gasteiger partial charge in [-0.1, -0.05) is 74.0 Å². The topological polar surface area (TPSA) is 0 Å². The summed E-state index contributed by atoms with van der Waals surface area (Å²) in [5.41, 5.74) is 4.19. The average molecular weight is 449 g/mol. The first-order chi connectivity index (χ1) is 16.0. The smallest absolute Gasteiger partial charge is 0.166 e. The van der Waals surface area contributed by atoms with E-state index in [1.807, 2.05) is 43.3 Å². The number of allylic oxidation sites excluding steroid dienone is 1. The molecule has 33 heavy (non-hydrogen) atoms. The maximum absolute atomic E-state index is 15.0. The zero-order valence-electron chi connectivity index (χ0n) is 19.4.